The lowest BCUT2D eigenvalue weighted by Gasteiger charge is -2.43. The number of carbonyl (C=O) groups is 2. The van der Waals surface area contributed by atoms with Crippen molar-refractivity contribution in [3.05, 3.63) is 112 Å². The first-order valence-corrected chi connectivity index (χ1v) is 16.2. The van der Waals surface area contributed by atoms with Crippen LogP contribution in [0, 0.1) is 34.6 Å². The van der Waals surface area contributed by atoms with E-state index in [2.05, 4.69) is 69.3 Å². The van der Waals surface area contributed by atoms with Crippen LogP contribution in [0.2, 0.25) is 5.04 Å². The molecule has 0 atom stereocenters. The Balaban J connectivity index is 1.82. The molecule has 6 nitrogen and oxygen atoms in total. The molecule has 0 heterocycles. The van der Waals surface area contributed by atoms with Gasteiger partial charge in [-0.05, 0) is 83.9 Å². The zero-order chi connectivity index (χ0) is 31.7. The molecular formula is C36H40O6Si. The third-order valence-electron chi connectivity index (χ3n) is 8.39. The number of carboxylic acids is 1. The maximum Gasteiger partial charge on any atom is 0.344 e. The molecule has 4 aromatic rings. The molecule has 0 bridgehead atoms. The van der Waals surface area contributed by atoms with E-state index >= 15 is 0 Å². The summed E-state index contributed by atoms with van der Waals surface area (Å²) in [6.07, 6.45) is 0. The monoisotopic (exact) mass is 596 g/mol. The molecule has 0 amide bonds. The highest BCUT2D eigenvalue weighted by atomic mass is 28.4. The molecule has 0 saturated heterocycles. The summed E-state index contributed by atoms with van der Waals surface area (Å²) in [6, 6.07) is 24.3. The van der Waals surface area contributed by atoms with Gasteiger partial charge in [-0.3, -0.25) is 0 Å². The van der Waals surface area contributed by atoms with Crippen LogP contribution >= 0.6 is 0 Å². The molecule has 0 fully saturated rings. The van der Waals surface area contributed by atoms with Crippen molar-refractivity contribution in [1.82, 2.24) is 0 Å². The normalized spacial score (nSPS) is 11.7. The molecule has 0 aliphatic carbocycles. The van der Waals surface area contributed by atoms with Crippen LogP contribution in [-0.4, -0.2) is 32.5 Å². The first kappa shape index (κ1) is 31.6. The van der Waals surface area contributed by atoms with Crippen LogP contribution in [0.1, 0.15) is 69.3 Å². The molecular weight excluding hydrogens is 556 g/mol. The van der Waals surface area contributed by atoms with E-state index in [-0.39, 0.29) is 22.1 Å². The molecule has 1 N–H and O–H groups in total. The number of hydrogen-bond acceptors (Lipinski definition) is 5. The zero-order valence-corrected chi connectivity index (χ0v) is 27.4. The van der Waals surface area contributed by atoms with Crippen LogP contribution in [0.5, 0.6) is 17.2 Å². The van der Waals surface area contributed by atoms with Crippen LogP contribution in [-0.2, 0) is 0 Å². The summed E-state index contributed by atoms with van der Waals surface area (Å²) in [5.74, 6) is -0.497. The van der Waals surface area contributed by atoms with Gasteiger partial charge >= 0.3 is 20.3 Å². The van der Waals surface area contributed by atoms with Gasteiger partial charge < -0.3 is 19.0 Å². The van der Waals surface area contributed by atoms with E-state index in [1.54, 1.807) is 13.8 Å². The van der Waals surface area contributed by atoms with Crippen molar-refractivity contribution in [3.8, 4) is 17.2 Å². The second kappa shape index (κ2) is 12.1. The third kappa shape index (κ3) is 5.69. The van der Waals surface area contributed by atoms with Crippen molar-refractivity contribution in [2.45, 2.75) is 60.4 Å². The van der Waals surface area contributed by atoms with Gasteiger partial charge in [-0.1, -0.05) is 81.4 Å². The fraction of sp³-hybridized carbons (Fsp3) is 0.278. The van der Waals surface area contributed by atoms with Gasteiger partial charge in [0.2, 0.25) is 0 Å². The Morgan fingerprint density at radius 3 is 1.63 bits per heavy atom. The highest BCUT2D eigenvalue weighted by molar-refractivity contribution is 7.00. The van der Waals surface area contributed by atoms with Crippen molar-refractivity contribution in [3.63, 3.8) is 0 Å². The maximum atomic E-state index is 13.7. The molecule has 0 aliphatic rings. The third-order valence-corrected chi connectivity index (χ3v) is 13.3. The van der Waals surface area contributed by atoms with Gasteiger partial charge in [0.05, 0.1) is 12.7 Å². The summed E-state index contributed by atoms with van der Waals surface area (Å²) in [5, 5.41) is 11.8. The predicted octanol–water partition coefficient (Wildman–Crippen LogP) is 7.09. The van der Waals surface area contributed by atoms with Gasteiger partial charge in [0.25, 0.3) is 0 Å². The highest BCUT2D eigenvalue weighted by Gasteiger charge is 2.52. The topological polar surface area (TPSA) is 82.1 Å². The lowest BCUT2D eigenvalue weighted by Crippen LogP contribution is -2.68. The Morgan fingerprint density at radius 2 is 1.16 bits per heavy atom. The van der Waals surface area contributed by atoms with Crippen LogP contribution in [0.15, 0.2) is 72.8 Å². The van der Waals surface area contributed by atoms with Crippen LogP contribution < -0.4 is 24.3 Å². The second-order valence-corrected chi connectivity index (χ2v) is 16.2. The van der Waals surface area contributed by atoms with Crippen LogP contribution in [0.4, 0.5) is 0 Å². The Labute approximate surface area is 255 Å². The van der Waals surface area contributed by atoms with E-state index in [4.69, 9.17) is 13.9 Å². The molecule has 0 radical (unpaired) electrons. The number of carboxylic acid groups (broad SMARTS) is 1. The van der Waals surface area contributed by atoms with E-state index < -0.39 is 20.3 Å². The Kier molecular flexibility index (Phi) is 8.88. The number of hydrogen-bond donors (Lipinski definition) is 1. The summed E-state index contributed by atoms with van der Waals surface area (Å²) in [5.41, 5.74) is 3.89. The number of ether oxygens (including phenoxy) is 2. The molecule has 4 rings (SSSR count). The number of methoxy groups -OCH3 is 1. The van der Waals surface area contributed by atoms with Crippen molar-refractivity contribution in [2.24, 2.45) is 0 Å². The average Bonchev–Trinajstić information content (AvgIpc) is 2.96. The smallest absolute Gasteiger partial charge is 0.344 e. The fourth-order valence-corrected chi connectivity index (χ4v) is 10.3. The van der Waals surface area contributed by atoms with Gasteiger partial charge in [0.15, 0.2) is 0 Å². The minimum Gasteiger partial charge on any atom is -0.534 e. The molecule has 224 valence electrons. The first-order chi connectivity index (χ1) is 20.2. The Morgan fingerprint density at radius 1 is 0.674 bits per heavy atom. The Hall–Kier alpha value is -4.36. The highest BCUT2D eigenvalue weighted by Crippen LogP contribution is 2.40. The number of esters is 1. The van der Waals surface area contributed by atoms with Gasteiger partial charge in [-0.25, -0.2) is 9.59 Å². The summed E-state index contributed by atoms with van der Waals surface area (Å²) in [4.78, 5) is 25.5. The molecule has 0 aromatic heterocycles. The molecule has 0 unspecified atom stereocenters. The zero-order valence-electron chi connectivity index (χ0n) is 26.4. The average molecular weight is 597 g/mol. The number of benzene rings is 4. The van der Waals surface area contributed by atoms with E-state index in [0.717, 1.165) is 32.8 Å². The van der Waals surface area contributed by atoms with Crippen LogP contribution in [0.3, 0.4) is 0 Å². The fourth-order valence-electron chi connectivity index (χ4n) is 5.82. The van der Waals surface area contributed by atoms with E-state index in [1.807, 2.05) is 39.0 Å². The lowest BCUT2D eigenvalue weighted by molar-refractivity contribution is 0.0692. The van der Waals surface area contributed by atoms with Crippen molar-refractivity contribution in [2.75, 3.05) is 7.11 Å². The van der Waals surface area contributed by atoms with E-state index in [0.29, 0.717) is 16.7 Å². The minimum absolute atomic E-state index is 0.0489. The molecule has 7 heteroatoms. The van der Waals surface area contributed by atoms with Gasteiger partial charge in [-0.2, -0.15) is 0 Å². The largest absolute Gasteiger partial charge is 0.534 e. The number of rotatable bonds is 8. The van der Waals surface area contributed by atoms with Crippen molar-refractivity contribution in [1.29, 1.82) is 0 Å². The SMILES string of the molecule is COc1cc(OC(=O)c2c(C)cc(O[Si](c3ccccc3)(c3ccccc3)C(C)(C)C)c(C)c2C)c(C)c(C)c1C(=O)O. The standard InChI is InChI=1S/C36H40O6Si/c1-22-20-30(42-43(36(6,7)8,27-16-12-10-13-17-27)28-18-14-11-15-19-28)24(3)25(4)32(22)35(39)41-29-21-31(40-9)33(34(37)38)26(5)23(29)2/h10-21H,1-9H3,(H,37,38). The predicted molar refractivity (Wildman–Crippen MR) is 173 cm³/mol. The Bertz CT molecular complexity index is 1630. The van der Waals surface area contributed by atoms with Crippen molar-refractivity contribution >= 4 is 30.6 Å². The van der Waals surface area contributed by atoms with Gasteiger partial charge in [0.1, 0.15) is 22.8 Å². The molecule has 0 saturated carbocycles. The first-order valence-electron chi connectivity index (χ1n) is 14.3. The number of aryl methyl sites for hydroxylation is 1. The van der Waals surface area contributed by atoms with Crippen LogP contribution in [0.25, 0.3) is 0 Å². The lowest BCUT2D eigenvalue weighted by atomic mass is 9.97. The summed E-state index contributed by atoms with van der Waals surface area (Å²) >= 11 is 0. The summed E-state index contributed by atoms with van der Waals surface area (Å²) < 4.78 is 18.5. The number of carbonyl (C=O) groups excluding carboxylic acids is 1. The molecule has 4 aromatic carbocycles. The van der Waals surface area contributed by atoms with Gasteiger partial charge in [-0.15, -0.1) is 0 Å². The molecule has 0 aliphatic heterocycles. The number of aromatic carboxylic acids is 1. The molecule has 0 spiro atoms. The van der Waals surface area contributed by atoms with Gasteiger partial charge in [0, 0.05) is 6.07 Å². The van der Waals surface area contributed by atoms with E-state index in [1.165, 1.54) is 13.2 Å². The minimum atomic E-state index is -2.89. The summed E-state index contributed by atoms with van der Waals surface area (Å²) in [6.45, 7) is 15.9. The van der Waals surface area contributed by atoms with Crippen molar-refractivity contribution < 1.29 is 28.6 Å². The quantitative estimate of drug-likeness (QED) is 0.133. The van der Waals surface area contributed by atoms with E-state index in [9.17, 15) is 14.7 Å². The second-order valence-electron chi connectivity index (χ2n) is 12.0. The maximum absolute atomic E-state index is 13.7. The molecule has 43 heavy (non-hydrogen) atoms. The summed E-state index contributed by atoms with van der Waals surface area (Å²) in [7, 11) is -1.50.